The van der Waals surface area contributed by atoms with E-state index in [0.29, 0.717) is 16.4 Å². The maximum atomic E-state index is 12.3. The third-order valence-corrected chi connectivity index (χ3v) is 5.16. The Bertz CT molecular complexity index is 927. The molecule has 29 heavy (non-hydrogen) atoms. The van der Waals surface area contributed by atoms with Gasteiger partial charge in [0.15, 0.2) is 5.50 Å². The minimum absolute atomic E-state index is 0.0529. The van der Waals surface area contributed by atoms with Crippen LogP contribution in [0.4, 0.5) is 5.69 Å². The Kier molecular flexibility index (Phi) is 6.66. The van der Waals surface area contributed by atoms with Gasteiger partial charge >= 0.3 is 5.97 Å². The van der Waals surface area contributed by atoms with Crippen molar-refractivity contribution in [3.8, 4) is 11.5 Å². The number of benzene rings is 2. The van der Waals surface area contributed by atoms with Crippen molar-refractivity contribution in [1.29, 1.82) is 0 Å². The van der Waals surface area contributed by atoms with E-state index in [4.69, 9.17) is 14.6 Å². The fraction of sp³-hybridized carbons (Fsp3) is 0.238. The number of anilines is 1. The minimum atomic E-state index is -0.901. The van der Waals surface area contributed by atoms with E-state index >= 15 is 0 Å². The molecular weight excluding hydrogens is 392 g/mol. The third kappa shape index (κ3) is 5.68. The number of carbonyl (C=O) groups excluding carboxylic acids is 1. The van der Waals surface area contributed by atoms with Crippen LogP contribution >= 0.6 is 11.8 Å². The lowest BCUT2D eigenvalue weighted by Gasteiger charge is -2.16. The second kappa shape index (κ2) is 9.38. The number of amides is 1. The zero-order valence-electron chi connectivity index (χ0n) is 16.1. The predicted molar refractivity (Wildman–Crippen MR) is 113 cm³/mol. The van der Waals surface area contributed by atoms with Crippen LogP contribution in [0.2, 0.25) is 0 Å². The Hall–Kier alpha value is -3.13. The number of aliphatic carboxylic acids is 1. The number of hydrogen-bond acceptors (Lipinski definition) is 6. The summed E-state index contributed by atoms with van der Waals surface area (Å²) < 4.78 is 10.7. The highest BCUT2D eigenvalue weighted by molar-refractivity contribution is 8.05. The third-order valence-electron chi connectivity index (χ3n) is 4.13. The molecule has 2 aromatic carbocycles. The van der Waals surface area contributed by atoms with Crippen molar-refractivity contribution < 1.29 is 24.2 Å². The molecule has 1 amide bonds. The Morgan fingerprint density at radius 2 is 2.03 bits per heavy atom. The summed E-state index contributed by atoms with van der Waals surface area (Å²) in [4.78, 5) is 23.4. The zero-order chi connectivity index (χ0) is 20.8. The molecule has 0 spiro atoms. The van der Waals surface area contributed by atoms with Crippen molar-refractivity contribution >= 4 is 35.4 Å². The summed E-state index contributed by atoms with van der Waals surface area (Å²) in [6.07, 6.45) is 1.75. The standard InChI is InChI=1S/C21H22N2O5S/c1-13-3-8-17(27-2)16(11-13)22-21-23-20(26)18(29-21)12-14-4-6-15(7-5-14)28-10-9-19(24)25/h3-8,11-12,21-22H,9-10H2,1-2H3,(H,23,26)(H,24,25)/b18-12-. The lowest BCUT2D eigenvalue weighted by molar-refractivity contribution is -0.137. The van der Waals surface area contributed by atoms with Gasteiger partial charge in [0.2, 0.25) is 0 Å². The molecule has 0 saturated carbocycles. The fourth-order valence-electron chi connectivity index (χ4n) is 2.71. The molecule has 1 aliphatic rings. The molecule has 0 aromatic heterocycles. The maximum absolute atomic E-state index is 12.3. The van der Waals surface area contributed by atoms with Crippen molar-refractivity contribution in [1.82, 2.24) is 5.32 Å². The van der Waals surface area contributed by atoms with Crippen LogP contribution in [0.25, 0.3) is 6.08 Å². The van der Waals surface area contributed by atoms with Crippen LogP contribution in [0, 0.1) is 6.92 Å². The molecule has 1 aliphatic heterocycles. The molecule has 0 bridgehead atoms. The average molecular weight is 414 g/mol. The normalized spacial score (nSPS) is 17.1. The SMILES string of the molecule is COc1ccc(C)cc1NC1NC(=O)/C(=C/c2ccc(OCCC(=O)O)cc2)S1. The number of rotatable bonds is 8. The molecule has 7 nitrogen and oxygen atoms in total. The number of carbonyl (C=O) groups is 2. The number of aryl methyl sites for hydroxylation is 1. The predicted octanol–water partition coefficient (Wildman–Crippen LogP) is 3.46. The maximum Gasteiger partial charge on any atom is 0.306 e. The fourth-order valence-corrected chi connectivity index (χ4v) is 3.68. The highest BCUT2D eigenvalue weighted by atomic mass is 32.2. The zero-order valence-corrected chi connectivity index (χ0v) is 16.9. The molecule has 3 N–H and O–H groups in total. The van der Waals surface area contributed by atoms with E-state index in [1.807, 2.05) is 37.3 Å². The van der Waals surface area contributed by atoms with Crippen molar-refractivity contribution in [2.75, 3.05) is 19.0 Å². The monoisotopic (exact) mass is 414 g/mol. The number of hydrogen-bond donors (Lipinski definition) is 3. The first kappa shape index (κ1) is 20.6. The van der Waals surface area contributed by atoms with E-state index in [1.165, 1.54) is 11.8 Å². The van der Waals surface area contributed by atoms with Gasteiger partial charge in [-0.15, -0.1) is 0 Å². The van der Waals surface area contributed by atoms with Crippen LogP contribution in [-0.4, -0.2) is 36.2 Å². The van der Waals surface area contributed by atoms with Gasteiger partial charge < -0.3 is 25.2 Å². The molecule has 152 valence electrons. The first-order valence-corrected chi connectivity index (χ1v) is 9.87. The van der Waals surface area contributed by atoms with Gasteiger partial charge in [-0.2, -0.15) is 0 Å². The lowest BCUT2D eigenvalue weighted by Crippen LogP contribution is -2.31. The largest absolute Gasteiger partial charge is 0.495 e. The summed E-state index contributed by atoms with van der Waals surface area (Å²) in [6, 6.07) is 13.0. The van der Waals surface area contributed by atoms with E-state index in [-0.39, 0.29) is 24.4 Å². The molecular formula is C21H22N2O5S. The molecule has 1 saturated heterocycles. The summed E-state index contributed by atoms with van der Waals surface area (Å²) in [6.45, 7) is 2.11. The number of methoxy groups -OCH3 is 1. The van der Waals surface area contributed by atoms with Crippen molar-refractivity contribution in [3.05, 3.63) is 58.5 Å². The van der Waals surface area contributed by atoms with E-state index in [2.05, 4.69) is 10.6 Å². The Morgan fingerprint density at radius 3 is 2.72 bits per heavy atom. The Labute approximate surface area is 173 Å². The quantitative estimate of drug-likeness (QED) is 0.569. The smallest absolute Gasteiger partial charge is 0.306 e. The molecule has 0 radical (unpaired) electrons. The molecule has 1 atom stereocenters. The molecule has 1 fully saturated rings. The minimum Gasteiger partial charge on any atom is -0.495 e. The Morgan fingerprint density at radius 1 is 1.28 bits per heavy atom. The molecule has 3 rings (SSSR count). The first-order chi connectivity index (χ1) is 13.9. The van der Waals surface area contributed by atoms with Gasteiger partial charge in [0.25, 0.3) is 5.91 Å². The highest BCUT2D eigenvalue weighted by Crippen LogP contribution is 2.33. The van der Waals surface area contributed by atoms with E-state index < -0.39 is 5.97 Å². The van der Waals surface area contributed by atoms with Crippen molar-refractivity contribution in [3.63, 3.8) is 0 Å². The van der Waals surface area contributed by atoms with Gasteiger partial charge in [-0.3, -0.25) is 9.59 Å². The Balaban J connectivity index is 1.63. The number of nitrogens with one attached hydrogen (secondary N) is 2. The van der Waals surface area contributed by atoms with E-state index in [1.54, 1.807) is 25.3 Å². The molecule has 8 heteroatoms. The van der Waals surface area contributed by atoms with Crippen LogP contribution in [0.1, 0.15) is 17.5 Å². The van der Waals surface area contributed by atoms with Crippen LogP contribution in [0.3, 0.4) is 0 Å². The van der Waals surface area contributed by atoms with E-state index in [0.717, 1.165) is 16.8 Å². The second-order valence-electron chi connectivity index (χ2n) is 6.39. The van der Waals surface area contributed by atoms with Crippen molar-refractivity contribution in [2.24, 2.45) is 0 Å². The second-order valence-corrected chi connectivity index (χ2v) is 7.54. The number of carboxylic acids is 1. The first-order valence-electron chi connectivity index (χ1n) is 8.99. The van der Waals surface area contributed by atoms with Crippen LogP contribution < -0.4 is 20.1 Å². The van der Waals surface area contributed by atoms with Crippen molar-refractivity contribution in [2.45, 2.75) is 18.8 Å². The molecule has 1 unspecified atom stereocenters. The number of carboxylic acid groups (broad SMARTS) is 1. The topological polar surface area (TPSA) is 96.9 Å². The summed E-state index contributed by atoms with van der Waals surface area (Å²) >= 11 is 1.39. The van der Waals surface area contributed by atoms with Gasteiger partial charge in [0, 0.05) is 0 Å². The van der Waals surface area contributed by atoms with E-state index in [9.17, 15) is 9.59 Å². The van der Waals surface area contributed by atoms with Gasteiger partial charge in [0.1, 0.15) is 11.5 Å². The summed E-state index contributed by atoms with van der Waals surface area (Å²) in [5.74, 6) is 0.243. The number of thioether (sulfide) groups is 1. The van der Waals surface area contributed by atoms with Gasteiger partial charge in [-0.05, 0) is 48.4 Å². The van der Waals surface area contributed by atoms with Gasteiger partial charge in [-0.1, -0.05) is 30.0 Å². The van der Waals surface area contributed by atoms with Gasteiger partial charge in [0.05, 0.1) is 30.7 Å². The summed E-state index contributed by atoms with van der Waals surface area (Å²) in [5, 5.41) is 14.8. The molecule has 1 heterocycles. The van der Waals surface area contributed by atoms with Crippen LogP contribution in [0.5, 0.6) is 11.5 Å². The highest BCUT2D eigenvalue weighted by Gasteiger charge is 2.27. The van der Waals surface area contributed by atoms with Gasteiger partial charge in [-0.25, -0.2) is 0 Å². The van der Waals surface area contributed by atoms with Crippen LogP contribution in [0.15, 0.2) is 47.4 Å². The average Bonchev–Trinajstić information content (AvgIpc) is 3.02. The summed E-state index contributed by atoms with van der Waals surface area (Å²) in [5.41, 5.74) is 2.45. The molecule has 0 aliphatic carbocycles. The molecule has 2 aromatic rings. The lowest BCUT2D eigenvalue weighted by atomic mass is 10.2. The number of ether oxygens (including phenoxy) is 2. The summed E-state index contributed by atoms with van der Waals surface area (Å²) in [7, 11) is 1.61. The van der Waals surface area contributed by atoms with Crippen LogP contribution in [-0.2, 0) is 9.59 Å².